The minimum Gasteiger partial charge on any atom is -0.338 e. The normalized spacial score (nSPS) is 14.3. The van der Waals surface area contributed by atoms with Crippen LogP contribution in [0.1, 0.15) is 48.7 Å². The summed E-state index contributed by atoms with van der Waals surface area (Å²) in [6, 6.07) is 8.41. The molecule has 0 aliphatic carbocycles. The maximum atomic E-state index is 13.3. The molecule has 2 aliphatic heterocycles. The number of alkyl halides is 1. The molecule has 220 valence electrons. The molecular formula is C31H31ClF2N4O4. The van der Waals surface area contributed by atoms with Crippen molar-refractivity contribution in [3.8, 4) is 0 Å². The molecule has 0 bridgehead atoms. The third-order valence-corrected chi connectivity index (χ3v) is 7.99. The standard InChI is InChI=1S/C16H17FN2O2.C15H14ClFN2O2/c1-2-3-15(20)19-7-6-14-13(9-19)11-5-4-10(17)8-12(11)16(21)18-14;16-5-3-14(20)19-6-4-13-12(8-19)10-2-1-9(17)7-11(10)15(21)18-13/h4-5,8H,2-3,6-7,9H2,1H3,(H,18,21);1-2,7H,3-6,8H2,(H,18,21). The zero-order valence-corrected chi connectivity index (χ0v) is 24.0. The van der Waals surface area contributed by atoms with E-state index in [2.05, 4.69) is 9.97 Å². The average Bonchev–Trinajstić information content (AvgIpc) is 2.98. The van der Waals surface area contributed by atoms with Crippen molar-refractivity contribution in [2.75, 3.05) is 19.0 Å². The second kappa shape index (κ2) is 12.4. The predicted molar refractivity (Wildman–Crippen MR) is 158 cm³/mol. The van der Waals surface area contributed by atoms with E-state index in [1.165, 1.54) is 24.3 Å². The van der Waals surface area contributed by atoms with Gasteiger partial charge in [-0.25, -0.2) is 8.78 Å². The van der Waals surface area contributed by atoms with Gasteiger partial charge in [0.1, 0.15) is 11.6 Å². The summed E-state index contributed by atoms with van der Waals surface area (Å²) in [6.07, 6.45) is 2.87. The van der Waals surface area contributed by atoms with E-state index in [0.29, 0.717) is 73.9 Å². The van der Waals surface area contributed by atoms with Crippen molar-refractivity contribution in [2.45, 2.75) is 52.1 Å². The van der Waals surface area contributed by atoms with Gasteiger partial charge >= 0.3 is 0 Å². The molecule has 0 saturated heterocycles. The lowest BCUT2D eigenvalue weighted by atomic mass is 9.98. The molecule has 2 aromatic heterocycles. The molecule has 0 radical (unpaired) electrons. The van der Waals surface area contributed by atoms with E-state index < -0.39 is 11.6 Å². The van der Waals surface area contributed by atoms with Gasteiger partial charge in [0, 0.05) is 69.1 Å². The third kappa shape index (κ3) is 5.94. The zero-order chi connectivity index (χ0) is 30.0. The molecule has 6 rings (SSSR count). The molecule has 8 nitrogen and oxygen atoms in total. The highest BCUT2D eigenvalue weighted by atomic mass is 35.5. The Morgan fingerprint density at radius 3 is 1.64 bits per heavy atom. The topological polar surface area (TPSA) is 106 Å². The van der Waals surface area contributed by atoms with Crippen molar-refractivity contribution in [1.82, 2.24) is 19.8 Å². The fraction of sp³-hybridized carbons (Fsp3) is 0.355. The number of aromatic amines is 2. The van der Waals surface area contributed by atoms with Gasteiger partial charge in [-0.05, 0) is 52.6 Å². The second-order valence-electron chi connectivity index (χ2n) is 10.5. The van der Waals surface area contributed by atoms with Crippen LogP contribution in [0.3, 0.4) is 0 Å². The maximum Gasteiger partial charge on any atom is 0.256 e. The Morgan fingerprint density at radius 1 is 0.762 bits per heavy atom. The first-order valence-corrected chi connectivity index (χ1v) is 14.5. The third-order valence-electron chi connectivity index (χ3n) is 7.80. The Morgan fingerprint density at radius 2 is 1.21 bits per heavy atom. The highest BCUT2D eigenvalue weighted by Crippen LogP contribution is 2.26. The van der Waals surface area contributed by atoms with Gasteiger partial charge in [0.25, 0.3) is 11.1 Å². The largest absolute Gasteiger partial charge is 0.338 e. The number of pyridine rings is 2. The Hall–Kier alpha value is -4.05. The van der Waals surface area contributed by atoms with Gasteiger partial charge in [0.15, 0.2) is 0 Å². The number of carbonyl (C=O) groups is 2. The van der Waals surface area contributed by atoms with Crippen molar-refractivity contribution in [3.63, 3.8) is 0 Å². The number of nitrogens with zero attached hydrogens (tertiary/aromatic N) is 2. The molecule has 11 heteroatoms. The minimum absolute atomic E-state index is 0.00267. The first kappa shape index (κ1) is 29.4. The van der Waals surface area contributed by atoms with Crippen molar-refractivity contribution in [3.05, 3.63) is 91.3 Å². The zero-order valence-electron chi connectivity index (χ0n) is 23.2. The van der Waals surface area contributed by atoms with Crippen LogP contribution in [-0.2, 0) is 35.5 Å². The van der Waals surface area contributed by atoms with Crippen LogP contribution in [0.5, 0.6) is 0 Å². The van der Waals surface area contributed by atoms with E-state index >= 15 is 0 Å². The lowest BCUT2D eigenvalue weighted by Crippen LogP contribution is -2.37. The van der Waals surface area contributed by atoms with Crippen molar-refractivity contribution >= 4 is 45.0 Å². The number of amides is 2. The Labute approximate surface area is 245 Å². The molecule has 4 heterocycles. The van der Waals surface area contributed by atoms with Gasteiger partial charge in [-0.1, -0.05) is 19.1 Å². The number of carbonyl (C=O) groups excluding carboxylic acids is 2. The summed E-state index contributed by atoms with van der Waals surface area (Å²) in [6.45, 7) is 4.06. The average molecular weight is 597 g/mol. The summed E-state index contributed by atoms with van der Waals surface area (Å²) in [5.41, 5.74) is 2.95. The van der Waals surface area contributed by atoms with Crippen LogP contribution >= 0.6 is 11.6 Å². The number of halogens is 3. The molecular weight excluding hydrogens is 566 g/mol. The first-order chi connectivity index (χ1) is 20.2. The van der Waals surface area contributed by atoms with Gasteiger partial charge in [-0.15, -0.1) is 11.6 Å². The van der Waals surface area contributed by atoms with Crippen LogP contribution in [0.4, 0.5) is 8.78 Å². The quantitative estimate of drug-likeness (QED) is 0.338. The molecule has 0 saturated carbocycles. The number of fused-ring (bicyclic) bond motifs is 6. The molecule has 2 amide bonds. The molecule has 2 N–H and O–H groups in total. The molecule has 0 atom stereocenters. The number of hydrogen-bond acceptors (Lipinski definition) is 4. The van der Waals surface area contributed by atoms with Gasteiger partial charge in [0.05, 0.1) is 10.8 Å². The molecule has 42 heavy (non-hydrogen) atoms. The SMILES string of the molecule is CCCC(=O)N1CCc2[nH]c(=O)c3cc(F)ccc3c2C1.O=C(CCCl)N1CCc2[nH]c(=O)c3cc(F)ccc3c2C1. The van der Waals surface area contributed by atoms with Crippen molar-refractivity contribution in [2.24, 2.45) is 0 Å². The molecule has 4 aromatic rings. The van der Waals surface area contributed by atoms with Crippen LogP contribution in [-0.4, -0.2) is 50.6 Å². The summed E-state index contributed by atoms with van der Waals surface area (Å²) in [5, 5.41) is 2.11. The summed E-state index contributed by atoms with van der Waals surface area (Å²) >= 11 is 5.61. The van der Waals surface area contributed by atoms with Crippen LogP contribution in [0.25, 0.3) is 21.5 Å². The molecule has 0 fully saturated rings. The molecule has 2 aliphatic rings. The van der Waals surface area contributed by atoms with E-state index in [9.17, 15) is 28.0 Å². The van der Waals surface area contributed by atoms with Gasteiger partial charge in [-0.3, -0.25) is 19.2 Å². The van der Waals surface area contributed by atoms with E-state index in [4.69, 9.17) is 11.6 Å². The number of benzene rings is 2. The minimum atomic E-state index is -0.446. The lowest BCUT2D eigenvalue weighted by molar-refractivity contribution is -0.132. The van der Waals surface area contributed by atoms with Crippen LogP contribution < -0.4 is 11.1 Å². The van der Waals surface area contributed by atoms with Gasteiger partial charge < -0.3 is 19.8 Å². The number of nitrogens with one attached hydrogen (secondary N) is 2. The fourth-order valence-electron chi connectivity index (χ4n) is 5.68. The summed E-state index contributed by atoms with van der Waals surface area (Å²) in [4.78, 5) is 57.2. The molecule has 0 spiro atoms. The molecule has 2 aromatic carbocycles. The number of hydrogen-bond donors (Lipinski definition) is 2. The van der Waals surface area contributed by atoms with E-state index in [1.54, 1.807) is 17.0 Å². The smallest absolute Gasteiger partial charge is 0.256 e. The van der Waals surface area contributed by atoms with Crippen molar-refractivity contribution in [1.29, 1.82) is 0 Å². The highest BCUT2D eigenvalue weighted by Gasteiger charge is 2.24. The fourth-order valence-corrected chi connectivity index (χ4v) is 5.84. The van der Waals surface area contributed by atoms with Crippen LogP contribution in [0, 0.1) is 11.6 Å². The van der Waals surface area contributed by atoms with E-state index in [0.717, 1.165) is 34.3 Å². The maximum absolute atomic E-state index is 13.3. The van der Waals surface area contributed by atoms with Gasteiger partial charge in [0.2, 0.25) is 11.8 Å². The van der Waals surface area contributed by atoms with Gasteiger partial charge in [-0.2, -0.15) is 0 Å². The van der Waals surface area contributed by atoms with E-state index in [-0.39, 0.29) is 22.9 Å². The molecule has 0 unspecified atom stereocenters. The highest BCUT2D eigenvalue weighted by molar-refractivity contribution is 6.18. The number of rotatable bonds is 4. The first-order valence-electron chi connectivity index (χ1n) is 14.0. The number of H-pyrrole nitrogens is 2. The summed E-state index contributed by atoms with van der Waals surface area (Å²) in [5.74, 6) is -0.456. The van der Waals surface area contributed by atoms with Crippen LogP contribution in [0.15, 0.2) is 46.0 Å². The summed E-state index contributed by atoms with van der Waals surface area (Å²) in [7, 11) is 0. The Balaban J connectivity index is 0.000000168. The number of aromatic nitrogens is 2. The Kier molecular flexibility index (Phi) is 8.72. The lowest BCUT2D eigenvalue weighted by Gasteiger charge is -2.29. The van der Waals surface area contributed by atoms with Crippen molar-refractivity contribution < 1.29 is 18.4 Å². The van der Waals surface area contributed by atoms with E-state index in [1.807, 2.05) is 11.8 Å². The second-order valence-corrected chi connectivity index (χ2v) is 10.9. The Bertz CT molecular complexity index is 1670. The monoisotopic (exact) mass is 596 g/mol. The predicted octanol–water partition coefficient (Wildman–Crippen LogP) is 4.53. The summed E-state index contributed by atoms with van der Waals surface area (Å²) < 4.78 is 26.7. The van der Waals surface area contributed by atoms with Crippen LogP contribution in [0.2, 0.25) is 0 Å².